The Morgan fingerprint density at radius 2 is 1.16 bits per heavy atom. The molecule has 7 nitrogen and oxygen atoms in total. The molecule has 0 saturated carbocycles. The van der Waals surface area contributed by atoms with Crippen LogP contribution in [0, 0.1) is 0 Å². The van der Waals surface area contributed by atoms with E-state index in [9.17, 15) is 0 Å². The standard InChI is InChI=1S/C12H14N4O3/c17-13-11-1-5-15(6-2-11)9-19-10-16-7-3-12(14-18)4-8-16/h1-8,17-18H,9-10H2. The summed E-state index contributed by atoms with van der Waals surface area (Å²) < 4.78 is 9.12. The van der Waals surface area contributed by atoms with E-state index in [1.807, 2.05) is 9.13 Å². The normalized spacial score (nSPS) is 10.1. The summed E-state index contributed by atoms with van der Waals surface area (Å²) >= 11 is 0. The van der Waals surface area contributed by atoms with Gasteiger partial charge in [0.25, 0.3) is 0 Å². The predicted octanol–water partition coefficient (Wildman–Crippen LogP) is 0.501. The van der Waals surface area contributed by atoms with Gasteiger partial charge in [-0.2, -0.15) is 0 Å². The summed E-state index contributed by atoms with van der Waals surface area (Å²) in [6, 6.07) is 6.70. The minimum Gasteiger partial charge on any atom is -0.410 e. The Morgan fingerprint density at radius 3 is 1.47 bits per heavy atom. The van der Waals surface area contributed by atoms with Gasteiger partial charge in [-0.15, -0.1) is 0 Å². The first-order valence-corrected chi connectivity index (χ1v) is 5.58. The Kier molecular flexibility index (Phi) is 4.35. The predicted molar refractivity (Wildman–Crippen MR) is 64.6 cm³/mol. The molecule has 2 aromatic rings. The molecule has 0 aromatic carbocycles. The van der Waals surface area contributed by atoms with Gasteiger partial charge in [-0.3, -0.25) is 0 Å². The number of pyridine rings is 2. The number of nitrogens with zero attached hydrogens (tertiary/aromatic N) is 4. The van der Waals surface area contributed by atoms with Gasteiger partial charge >= 0.3 is 0 Å². The van der Waals surface area contributed by atoms with Crippen molar-refractivity contribution in [1.82, 2.24) is 9.13 Å². The van der Waals surface area contributed by atoms with Crippen molar-refractivity contribution in [3.05, 3.63) is 59.8 Å². The third-order valence-electron chi connectivity index (χ3n) is 2.46. The van der Waals surface area contributed by atoms with E-state index in [1.54, 1.807) is 49.1 Å². The second-order valence-corrected chi connectivity index (χ2v) is 3.80. The fourth-order valence-corrected chi connectivity index (χ4v) is 1.46. The molecule has 0 atom stereocenters. The Hall–Kier alpha value is -2.54. The van der Waals surface area contributed by atoms with Gasteiger partial charge in [0.05, 0.1) is 0 Å². The van der Waals surface area contributed by atoms with Crippen LogP contribution in [0.5, 0.6) is 0 Å². The third-order valence-corrected chi connectivity index (χ3v) is 2.46. The highest BCUT2D eigenvalue weighted by Crippen LogP contribution is 1.91. The van der Waals surface area contributed by atoms with Gasteiger partial charge in [0.2, 0.25) is 0 Å². The Bertz CT molecular complexity index is 562. The van der Waals surface area contributed by atoms with Crippen molar-refractivity contribution in [2.45, 2.75) is 13.5 Å². The second kappa shape index (κ2) is 6.41. The Labute approximate surface area is 108 Å². The molecule has 100 valence electrons. The summed E-state index contributed by atoms with van der Waals surface area (Å²) in [4.78, 5) is 0. The van der Waals surface area contributed by atoms with Crippen LogP contribution in [0.1, 0.15) is 0 Å². The molecule has 0 unspecified atom stereocenters. The highest BCUT2D eigenvalue weighted by Gasteiger charge is 1.91. The highest BCUT2D eigenvalue weighted by molar-refractivity contribution is 4.92. The first-order valence-electron chi connectivity index (χ1n) is 5.58. The molecular formula is C12H14N4O3. The number of hydrogen-bond donors (Lipinski definition) is 2. The molecule has 0 bridgehead atoms. The van der Waals surface area contributed by atoms with Crippen molar-refractivity contribution in [3.8, 4) is 0 Å². The summed E-state index contributed by atoms with van der Waals surface area (Å²) in [5.74, 6) is 0. The van der Waals surface area contributed by atoms with Gasteiger partial charge in [0, 0.05) is 24.8 Å². The first-order chi connectivity index (χ1) is 9.31. The van der Waals surface area contributed by atoms with Crippen molar-refractivity contribution in [1.29, 1.82) is 0 Å². The molecule has 0 aliphatic heterocycles. The molecule has 0 amide bonds. The van der Waals surface area contributed by atoms with Crippen molar-refractivity contribution < 1.29 is 15.2 Å². The van der Waals surface area contributed by atoms with Gasteiger partial charge in [-0.1, -0.05) is 10.3 Å². The van der Waals surface area contributed by atoms with Gasteiger partial charge in [0.15, 0.2) is 0 Å². The fraction of sp³-hybridized carbons (Fsp3) is 0.167. The number of ether oxygens (including phenoxy) is 1. The molecule has 0 aliphatic carbocycles. The topological polar surface area (TPSA) is 84.3 Å². The van der Waals surface area contributed by atoms with Crippen molar-refractivity contribution in [3.63, 3.8) is 0 Å². The average Bonchev–Trinajstić information content (AvgIpc) is 2.49. The van der Waals surface area contributed by atoms with Crippen molar-refractivity contribution in [2.75, 3.05) is 0 Å². The smallest absolute Gasteiger partial charge is 0.124 e. The lowest BCUT2D eigenvalue weighted by Crippen LogP contribution is -2.11. The van der Waals surface area contributed by atoms with Crippen LogP contribution in [0.3, 0.4) is 0 Å². The molecule has 19 heavy (non-hydrogen) atoms. The lowest BCUT2D eigenvalue weighted by Gasteiger charge is -2.09. The van der Waals surface area contributed by atoms with Crippen molar-refractivity contribution in [2.24, 2.45) is 10.3 Å². The average molecular weight is 262 g/mol. The molecule has 7 heteroatoms. The third kappa shape index (κ3) is 3.71. The zero-order valence-corrected chi connectivity index (χ0v) is 10.1. The first kappa shape index (κ1) is 12.9. The van der Waals surface area contributed by atoms with E-state index < -0.39 is 0 Å². The molecule has 0 spiro atoms. The van der Waals surface area contributed by atoms with Crippen LogP contribution in [-0.4, -0.2) is 19.5 Å². The van der Waals surface area contributed by atoms with E-state index in [-0.39, 0.29) is 0 Å². The number of aromatic nitrogens is 2. The Balaban J connectivity index is 1.88. The summed E-state index contributed by atoms with van der Waals surface area (Å²) in [6.07, 6.45) is 7.03. The Morgan fingerprint density at radius 1 is 0.789 bits per heavy atom. The number of rotatable bonds is 4. The molecule has 0 aliphatic rings. The molecule has 2 rings (SSSR count). The SMILES string of the molecule is ON=c1ccn(COCn2ccc(=NO)cc2)cc1. The van der Waals surface area contributed by atoms with Crippen LogP contribution < -0.4 is 10.7 Å². The molecule has 2 N–H and O–H groups in total. The largest absolute Gasteiger partial charge is 0.410 e. The molecule has 2 heterocycles. The molecule has 2 aromatic heterocycles. The van der Waals surface area contributed by atoms with Crippen LogP contribution in [0.4, 0.5) is 0 Å². The minimum atomic E-state index is 0.380. The maximum Gasteiger partial charge on any atom is 0.124 e. The molecule has 0 saturated heterocycles. The van der Waals surface area contributed by atoms with E-state index in [4.69, 9.17) is 15.2 Å². The monoisotopic (exact) mass is 262 g/mol. The van der Waals surface area contributed by atoms with E-state index in [0.29, 0.717) is 24.2 Å². The quantitative estimate of drug-likeness (QED) is 0.621. The van der Waals surface area contributed by atoms with Crippen LogP contribution in [0.15, 0.2) is 59.4 Å². The van der Waals surface area contributed by atoms with Gasteiger partial charge in [0.1, 0.15) is 24.2 Å². The summed E-state index contributed by atoms with van der Waals surface area (Å²) in [5, 5.41) is 24.2. The van der Waals surface area contributed by atoms with Crippen LogP contribution in [0.2, 0.25) is 0 Å². The summed E-state index contributed by atoms with van der Waals surface area (Å²) in [5.41, 5.74) is 0. The zero-order valence-electron chi connectivity index (χ0n) is 10.1. The zero-order chi connectivity index (χ0) is 13.5. The minimum absolute atomic E-state index is 0.380. The van der Waals surface area contributed by atoms with Gasteiger partial charge in [-0.25, -0.2) is 0 Å². The summed E-state index contributed by atoms with van der Waals surface area (Å²) in [7, 11) is 0. The second-order valence-electron chi connectivity index (χ2n) is 3.80. The van der Waals surface area contributed by atoms with Crippen LogP contribution >= 0.6 is 0 Å². The van der Waals surface area contributed by atoms with E-state index >= 15 is 0 Å². The van der Waals surface area contributed by atoms with Crippen LogP contribution in [-0.2, 0) is 18.2 Å². The van der Waals surface area contributed by atoms with Gasteiger partial charge in [-0.05, 0) is 24.3 Å². The maximum absolute atomic E-state index is 8.55. The summed E-state index contributed by atoms with van der Waals surface area (Å²) in [6.45, 7) is 0.760. The molecule has 0 radical (unpaired) electrons. The molecule has 0 fully saturated rings. The fourth-order valence-electron chi connectivity index (χ4n) is 1.46. The van der Waals surface area contributed by atoms with Crippen molar-refractivity contribution >= 4 is 0 Å². The van der Waals surface area contributed by atoms with Crippen LogP contribution in [0.25, 0.3) is 0 Å². The maximum atomic E-state index is 8.55. The molecular weight excluding hydrogens is 248 g/mol. The lowest BCUT2D eigenvalue weighted by atomic mass is 10.4. The van der Waals surface area contributed by atoms with E-state index in [0.717, 1.165) is 0 Å². The lowest BCUT2D eigenvalue weighted by molar-refractivity contribution is 0.0268. The van der Waals surface area contributed by atoms with Gasteiger partial charge < -0.3 is 24.3 Å². The highest BCUT2D eigenvalue weighted by atomic mass is 16.5. The van der Waals surface area contributed by atoms with E-state index in [1.165, 1.54) is 0 Å². The van der Waals surface area contributed by atoms with E-state index in [2.05, 4.69) is 10.3 Å². The number of hydrogen-bond acceptors (Lipinski definition) is 5.